The third-order valence-electron chi connectivity index (χ3n) is 12.2. The molecule has 0 radical (unpaired) electrons. The van der Waals surface area contributed by atoms with Crippen molar-refractivity contribution in [1.82, 2.24) is 4.90 Å². The van der Waals surface area contributed by atoms with Gasteiger partial charge in [0, 0.05) is 32.4 Å². The quantitative estimate of drug-likeness (QED) is 0.340. The number of hydrogen-bond donors (Lipinski definition) is 1. The van der Waals surface area contributed by atoms with E-state index in [4.69, 9.17) is 0 Å². The molecule has 40 heavy (non-hydrogen) atoms. The van der Waals surface area contributed by atoms with Crippen molar-refractivity contribution in [1.29, 1.82) is 0 Å². The minimum atomic E-state index is -4.15. The lowest BCUT2D eigenvalue weighted by Gasteiger charge is -2.60. The highest BCUT2D eigenvalue weighted by molar-refractivity contribution is 7.85. The number of fused-ring (bicyclic) bond motifs is 5. The Morgan fingerprint density at radius 2 is 1.75 bits per heavy atom. The van der Waals surface area contributed by atoms with Crippen molar-refractivity contribution < 1.29 is 22.6 Å². The van der Waals surface area contributed by atoms with Crippen molar-refractivity contribution in [3.63, 3.8) is 0 Å². The first-order valence-electron chi connectivity index (χ1n) is 15.7. The highest BCUT2D eigenvalue weighted by atomic mass is 32.2. The first kappa shape index (κ1) is 29.8. The van der Waals surface area contributed by atoms with E-state index in [9.17, 15) is 22.6 Å². The Balaban J connectivity index is 1.22. The second-order valence-corrected chi connectivity index (χ2v) is 15.8. The zero-order chi connectivity index (χ0) is 28.7. The van der Waals surface area contributed by atoms with Gasteiger partial charge in [-0.3, -0.25) is 14.1 Å². The summed E-state index contributed by atoms with van der Waals surface area (Å²) in [6.45, 7) is 7.71. The molecular weight excluding hydrogens is 522 g/mol. The van der Waals surface area contributed by atoms with Crippen LogP contribution in [0.3, 0.4) is 0 Å². The second kappa shape index (κ2) is 11.5. The molecule has 0 bridgehead atoms. The van der Waals surface area contributed by atoms with Gasteiger partial charge in [0.2, 0.25) is 5.91 Å². The standard InChI is InChI=1S/C33H49NO5S/c1-23(9-14-31(36)34(19-20-40(37,38)39)22-24-7-5-4-6-8-24)28-12-13-29-27-11-10-25-21-26(35)15-17-32(25,2)30(27)16-18-33(28,29)3/h4-8,23,25,27-30H,9-22H2,1-3H3,(H,37,38,39)/t23-,25-,27+,28-,29+,30+,32+,33-/m1/s1. The Kier molecular flexibility index (Phi) is 8.56. The van der Waals surface area contributed by atoms with Crippen molar-refractivity contribution >= 4 is 21.8 Å². The van der Waals surface area contributed by atoms with E-state index < -0.39 is 15.9 Å². The van der Waals surface area contributed by atoms with E-state index >= 15 is 0 Å². The second-order valence-electron chi connectivity index (χ2n) is 14.2. The van der Waals surface area contributed by atoms with Crippen LogP contribution in [0.5, 0.6) is 0 Å². The van der Waals surface area contributed by atoms with Gasteiger partial charge >= 0.3 is 0 Å². The summed E-state index contributed by atoms with van der Waals surface area (Å²) in [5.74, 6) is 3.87. The van der Waals surface area contributed by atoms with Crippen LogP contribution in [0.1, 0.15) is 97.0 Å². The van der Waals surface area contributed by atoms with Gasteiger partial charge in [-0.05, 0) is 103 Å². The van der Waals surface area contributed by atoms with Crippen LogP contribution in [0.2, 0.25) is 0 Å². The molecule has 7 heteroatoms. The third kappa shape index (κ3) is 5.92. The zero-order valence-corrected chi connectivity index (χ0v) is 25.5. The number of benzene rings is 1. The molecule has 4 aliphatic rings. The van der Waals surface area contributed by atoms with Gasteiger partial charge in [-0.25, -0.2) is 0 Å². The highest BCUT2D eigenvalue weighted by Gasteiger charge is 2.60. The van der Waals surface area contributed by atoms with E-state index in [1.165, 1.54) is 38.5 Å². The maximum absolute atomic E-state index is 13.4. The molecule has 1 aromatic rings. The molecule has 1 amide bonds. The van der Waals surface area contributed by atoms with Crippen LogP contribution >= 0.6 is 0 Å². The molecule has 0 heterocycles. The predicted octanol–water partition coefficient (Wildman–Crippen LogP) is 6.55. The Morgan fingerprint density at radius 1 is 1.02 bits per heavy atom. The number of hydrogen-bond acceptors (Lipinski definition) is 4. The zero-order valence-electron chi connectivity index (χ0n) is 24.7. The fourth-order valence-electron chi connectivity index (χ4n) is 10.1. The van der Waals surface area contributed by atoms with Gasteiger partial charge in [0.15, 0.2) is 0 Å². The van der Waals surface area contributed by atoms with Crippen LogP contribution < -0.4 is 0 Å². The van der Waals surface area contributed by atoms with E-state index in [1.807, 2.05) is 30.3 Å². The SMILES string of the molecule is C[C@H](CCC(=O)N(CCS(=O)(=O)O)Cc1ccccc1)[C@H]1CC[C@H]2[C@@H]3CC[C@@H]4CC(=O)CC[C@]4(C)[C@H]3CC[C@]12C. The van der Waals surface area contributed by atoms with Crippen molar-refractivity contribution in [2.45, 2.75) is 97.9 Å². The number of carbonyl (C=O) groups excluding carboxylic acids is 2. The first-order valence-corrected chi connectivity index (χ1v) is 17.3. The third-order valence-corrected chi connectivity index (χ3v) is 12.9. The van der Waals surface area contributed by atoms with Crippen molar-refractivity contribution in [2.24, 2.45) is 46.3 Å². The lowest BCUT2D eigenvalue weighted by Crippen LogP contribution is -2.53. The van der Waals surface area contributed by atoms with Gasteiger partial charge in [-0.2, -0.15) is 8.42 Å². The molecule has 0 unspecified atom stereocenters. The molecule has 1 aromatic carbocycles. The average Bonchev–Trinajstić information content (AvgIpc) is 3.27. The van der Waals surface area contributed by atoms with Crippen LogP contribution in [0.4, 0.5) is 0 Å². The lowest BCUT2D eigenvalue weighted by molar-refractivity contribution is -0.140. The molecule has 5 rings (SSSR count). The van der Waals surface area contributed by atoms with Crippen LogP contribution in [0.25, 0.3) is 0 Å². The summed E-state index contributed by atoms with van der Waals surface area (Å²) in [6.07, 6.45) is 11.4. The number of ketones is 1. The van der Waals surface area contributed by atoms with Gasteiger partial charge in [0.25, 0.3) is 10.1 Å². The molecule has 0 saturated heterocycles. The van der Waals surface area contributed by atoms with Crippen LogP contribution in [-0.2, 0) is 26.3 Å². The molecule has 4 fully saturated rings. The van der Waals surface area contributed by atoms with Gasteiger partial charge in [0.1, 0.15) is 5.78 Å². The van der Waals surface area contributed by atoms with E-state index in [0.29, 0.717) is 47.3 Å². The average molecular weight is 572 g/mol. The molecule has 4 saturated carbocycles. The Hall–Kier alpha value is -1.73. The lowest BCUT2D eigenvalue weighted by atomic mass is 9.44. The summed E-state index contributed by atoms with van der Waals surface area (Å²) in [4.78, 5) is 27.2. The Morgan fingerprint density at radius 3 is 2.48 bits per heavy atom. The van der Waals surface area contributed by atoms with E-state index in [2.05, 4.69) is 20.8 Å². The summed E-state index contributed by atoms with van der Waals surface area (Å²) < 4.78 is 32.2. The normalized spacial score (nSPS) is 36.3. The Labute approximate surface area is 241 Å². The maximum atomic E-state index is 13.4. The van der Waals surface area contributed by atoms with Gasteiger partial charge < -0.3 is 4.90 Å². The topological polar surface area (TPSA) is 91.8 Å². The van der Waals surface area contributed by atoms with Crippen molar-refractivity contribution in [2.75, 3.05) is 12.3 Å². The fraction of sp³-hybridized carbons (Fsp3) is 0.758. The van der Waals surface area contributed by atoms with Crippen LogP contribution in [0, 0.1) is 46.3 Å². The molecule has 1 N–H and O–H groups in total. The smallest absolute Gasteiger partial charge is 0.266 e. The first-order chi connectivity index (χ1) is 18.9. The molecule has 0 aromatic heterocycles. The number of amides is 1. The van der Waals surface area contributed by atoms with Gasteiger partial charge in [-0.1, -0.05) is 51.1 Å². The number of Topliss-reactive ketones (excluding diaryl/α,β-unsaturated/α-hetero) is 1. The Bertz CT molecular complexity index is 1180. The number of nitrogens with zero attached hydrogens (tertiary/aromatic N) is 1. The molecule has 4 aliphatic carbocycles. The molecule has 222 valence electrons. The molecule has 0 aliphatic heterocycles. The molecule has 8 atom stereocenters. The summed E-state index contributed by atoms with van der Waals surface area (Å²) in [7, 11) is -4.15. The van der Waals surface area contributed by atoms with Crippen molar-refractivity contribution in [3.05, 3.63) is 35.9 Å². The minimum Gasteiger partial charge on any atom is -0.337 e. The fourth-order valence-corrected chi connectivity index (χ4v) is 10.5. The molecule has 0 spiro atoms. The minimum absolute atomic E-state index is 0.00140. The monoisotopic (exact) mass is 571 g/mol. The molecular formula is C33H49NO5S. The summed E-state index contributed by atoms with van der Waals surface area (Å²) in [6, 6.07) is 9.61. The molecule has 6 nitrogen and oxygen atoms in total. The highest BCUT2D eigenvalue weighted by Crippen LogP contribution is 2.68. The summed E-state index contributed by atoms with van der Waals surface area (Å²) in [5.41, 5.74) is 1.60. The van der Waals surface area contributed by atoms with E-state index in [-0.39, 0.29) is 12.5 Å². The number of rotatable bonds is 9. The van der Waals surface area contributed by atoms with Crippen LogP contribution in [-0.4, -0.2) is 41.9 Å². The number of carbonyl (C=O) groups is 2. The van der Waals surface area contributed by atoms with Gasteiger partial charge in [0.05, 0.1) is 5.75 Å². The summed E-state index contributed by atoms with van der Waals surface area (Å²) in [5, 5.41) is 0. The van der Waals surface area contributed by atoms with E-state index in [1.54, 1.807) is 4.90 Å². The summed E-state index contributed by atoms with van der Waals surface area (Å²) >= 11 is 0. The van der Waals surface area contributed by atoms with Crippen molar-refractivity contribution in [3.8, 4) is 0 Å². The predicted molar refractivity (Wildman–Crippen MR) is 157 cm³/mol. The van der Waals surface area contributed by atoms with Gasteiger partial charge in [-0.15, -0.1) is 0 Å². The van der Waals surface area contributed by atoms with Crippen LogP contribution in [0.15, 0.2) is 30.3 Å². The van der Waals surface area contributed by atoms with E-state index in [0.717, 1.165) is 49.0 Å². The largest absolute Gasteiger partial charge is 0.337 e. The maximum Gasteiger partial charge on any atom is 0.266 e.